The molecule has 0 radical (unpaired) electrons. The van der Waals surface area contributed by atoms with Gasteiger partial charge in [-0.15, -0.1) is 0 Å². The SMILES string of the molecule is O=C(NCC1(O)CCCCCC1)c1cc(=O)[nH]c(=O)[nH]1. The molecule has 1 saturated carbocycles. The van der Waals surface area contributed by atoms with Gasteiger partial charge >= 0.3 is 5.69 Å². The van der Waals surface area contributed by atoms with Gasteiger partial charge in [0.2, 0.25) is 0 Å². The molecule has 1 aliphatic rings. The van der Waals surface area contributed by atoms with E-state index in [2.05, 4.69) is 10.3 Å². The summed E-state index contributed by atoms with van der Waals surface area (Å²) in [6.07, 6.45) is 5.37. The second kappa shape index (κ2) is 6.04. The van der Waals surface area contributed by atoms with Crippen LogP contribution in [0.25, 0.3) is 0 Å². The van der Waals surface area contributed by atoms with Gasteiger partial charge in [0.05, 0.1) is 5.60 Å². The van der Waals surface area contributed by atoms with Gasteiger partial charge in [-0.3, -0.25) is 14.6 Å². The van der Waals surface area contributed by atoms with E-state index in [4.69, 9.17) is 0 Å². The van der Waals surface area contributed by atoms with E-state index in [1.54, 1.807) is 0 Å². The third-order valence-electron chi connectivity index (χ3n) is 3.62. The summed E-state index contributed by atoms with van der Waals surface area (Å²) < 4.78 is 0. The molecule has 7 nitrogen and oxygen atoms in total. The third-order valence-corrected chi connectivity index (χ3v) is 3.62. The van der Waals surface area contributed by atoms with E-state index in [1.807, 2.05) is 4.98 Å². The highest BCUT2D eigenvalue weighted by atomic mass is 16.3. The maximum atomic E-state index is 11.9. The third kappa shape index (κ3) is 3.80. The summed E-state index contributed by atoms with van der Waals surface area (Å²) in [5.74, 6) is -0.564. The summed E-state index contributed by atoms with van der Waals surface area (Å²) in [5, 5.41) is 13.0. The van der Waals surface area contributed by atoms with E-state index >= 15 is 0 Å². The molecule has 0 saturated heterocycles. The van der Waals surface area contributed by atoms with Crippen LogP contribution in [0.15, 0.2) is 15.7 Å². The Labute approximate surface area is 115 Å². The molecule has 0 aliphatic heterocycles. The molecule has 1 aromatic heterocycles. The zero-order chi connectivity index (χ0) is 14.6. The minimum Gasteiger partial charge on any atom is -0.388 e. The quantitative estimate of drug-likeness (QED) is 0.578. The summed E-state index contributed by atoms with van der Waals surface area (Å²) in [4.78, 5) is 38.3. The van der Waals surface area contributed by atoms with Crippen molar-refractivity contribution in [3.63, 3.8) is 0 Å². The van der Waals surface area contributed by atoms with Crippen molar-refractivity contribution in [2.75, 3.05) is 6.54 Å². The fraction of sp³-hybridized carbons (Fsp3) is 0.615. The molecule has 1 heterocycles. The van der Waals surface area contributed by atoms with Crippen molar-refractivity contribution in [1.29, 1.82) is 0 Å². The number of aromatic amines is 2. The molecule has 7 heteroatoms. The van der Waals surface area contributed by atoms with Crippen LogP contribution in [0.5, 0.6) is 0 Å². The van der Waals surface area contributed by atoms with E-state index in [9.17, 15) is 19.5 Å². The van der Waals surface area contributed by atoms with Crippen molar-refractivity contribution in [3.05, 3.63) is 32.6 Å². The summed E-state index contributed by atoms with van der Waals surface area (Å²) in [5.41, 5.74) is -2.35. The standard InChI is InChI=1S/C13H19N3O4/c17-10-7-9(15-12(19)16-10)11(18)14-8-13(20)5-3-1-2-4-6-13/h7,20H,1-6,8H2,(H,14,18)(H2,15,16,17,19). The van der Waals surface area contributed by atoms with Crippen LogP contribution in [0.2, 0.25) is 0 Å². The maximum Gasteiger partial charge on any atom is 0.326 e. The Morgan fingerprint density at radius 3 is 2.45 bits per heavy atom. The minimum absolute atomic E-state index is 0.101. The lowest BCUT2D eigenvalue weighted by atomic mass is 9.94. The zero-order valence-electron chi connectivity index (χ0n) is 11.2. The molecule has 20 heavy (non-hydrogen) atoms. The first-order valence-corrected chi connectivity index (χ1v) is 6.83. The number of hydrogen-bond acceptors (Lipinski definition) is 4. The first-order chi connectivity index (χ1) is 9.48. The molecule has 4 N–H and O–H groups in total. The fourth-order valence-corrected chi connectivity index (χ4v) is 2.49. The summed E-state index contributed by atoms with van der Waals surface area (Å²) in [7, 11) is 0. The average Bonchev–Trinajstić information content (AvgIpc) is 2.60. The van der Waals surface area contributed by atoms with Crippen LogP contribution in [0.3, 0.4) is 0 Å². The molecular weight excluding hydrogens is 262 g/mol. The maximum absolute atomic E-state index is 11.9. The molecule has 0 atom stereocenters. The summed E-state index contributed by atoms with van der Waals surface area (Å²) >= 11 is 0. The molecule has 2 rings (SSSR count). The monoisotopic (exact) mass is 281 g/mol. The average molecular weight is 281 g/mol. The van der Waals surface area contributed by atoms with Gasteiger partial charge in [-0.25, -0.2) is 4.79 Å². The number of carbonyl (C=O) groups is 1. The summed E-state index contributed by atoms with van der Waals surface area (Å²) in [6.45, 7) is 0.126. The Hall–Kier alpha value is -1.89. The largest absolute Gasteiger partial charge is 0.388 e. The Morgan fingerprint density at radius 2 is 1.85 bits per heavy atom. The second-order valence-corrected chi connectivity index (χ2v) is 5.32. The van der Waals surface area contributed by atoms with Crippen molar-refractivity contribution in [2.24, 2.45) is 0 Å². The molecule has 0 bridgehead atoms. The van der Waals surface area contributed by atoms with Crippen LogP contribution in [-0.2, 0) is 0 Å². The number of carbonyl (C=O) groups excluding carboxylic acids is 1. The smallest absolute Gasteiger partial charge is 0.326 e. The lowest BCUT2D eigenvalue weighted by molar-refractivity contribution is 0.0246. The molecule has 1 aromatic rings. The normalized spacial score (nSPS) is 18.2. The Bertz CT molecular complexity index is 554. The van der Waals surface area contributed by atoms with Gasteiger partial charge in [0.25, 0.3) is 11.5 Å². The highest BCUT2D eigenvalue weighted by molar-refractivity contribution is 5.92. The van der Waals surface area contributed by atoms with Crippen molar-refractivity contribution >= 4 is 5.91 Å². The molecule has 0 unspecified atom stereocenters. The first kappa shape index (κ1) is 14.5. The highest BCUT2D eigenvalue weighted by Gasteiger charge is 2.28. The van der Waals surface area contributed by atoms with Gasteiger partial charge in [0.15, 0.2) is 0 Å². The van der Waals surface area contributed by atoms with Crippen LogP contribution in [-0.4, -0.2) is 33.1 Å². The Balaban J connectivity index is 2.00. The van der Waals surface area contributed by atoms with Gasteiger partial charge in [-0.2, -0.15) is 0 Å². The van der Waals surface area contributed by atoms with Gasteiger partial charge < -0.3 is 15.4 Å². The Kier molecular flexibility index (Phi) is 4.39. The molecule has 110 valence electrons. The molecule has 1 fully saturated rings. The number of amides is 1. The van der Waals surface area contributed by atoms with Crippen molar-refractivity contribution in [2.45, 2.75) is 44.1 Å². The van der Waals surface area contributed by atoms with Gasteiger partial charge in [0, 0.05) is 12.6 Å². The molecule has 0 spiro atoms. The molecule has 0 aromatic carbocycles. The number of rotatable bonds is 3. The van der Waals surface area contributed by atoms with E-state index < -0.39 is 22.8 Å². The second-order valence-electron chi connectivity index (χ2n) is 5.32. The van der Waals surface area contributed by atoms with E-state index in [-0.39, 0.29) is 12.2 Å². The Morgan fingerprint density at radius 1 is 1.20 bits per heavy atom. The highest BCUT2D eigenvalue weighted by Crippen LogP contribution is 2.26. The van der Waals surface area contributed by atoms with Gasteiger partial charge in [-0.05, 0) is 12.8 Å². The number of aromatic nitrogens is 2. The number of nitrogens with one attached hydrogen (secondary N) is 3. The van der Waals surface area contributed by atoms with Crippen LogP contribution in [0.4, 0.5) is 0 Å². The van der Waals surface area contributed by atoms with Crippen molar-refractivity contribution < 1.29 is 9.90 Å². The predicted molar refractivity (Wildman–Crippen MR) is 72.7 cm³/mol. The molecule has 1 aliphatic carbocycles. The number of H-pyrrole nitrogens is 2. The molecular formula is C13H19N3O4. The predicted octanol–water partition coefficient (Wildman–Crippen LogP) is -0.122. The van der Waals surface area contributed by atoms with Gasteiger partial charge in [-0.1, -0.05) is 25.7 Å². The van der Waals surface area contributed by atoms with Crippen molar-refractivity contribution in [3.8, 4) is 0 Å². The lowest BCUT2D eigenvalue weighted by Gasteiger charge is -2.26. The zero-order valence-corrected chi connectivity index (χ0v) is 11.2. The van der Waals surface area contributed by atoms with E-state index in [0.717, 1.165) is 31.7 Å². The van der Waals surface area contributed by atoms with Crippen LogP contribution < -0.4 is 16.6 Å². The van der Waals surface area contributed by atoms with E-state index in [0.29, 0.717) is 12.8 Å². The van der Waals surface area contributed by atoms with Crippen LogP contribution in [0, 0.1) is 0 Å². The molecule has 1 amide bonds. The topological polar surface area (TPSA) is 115 Å². The number of aliphatic hydroxyl groups is 1. The summed E-state index contributed by atoms with van der Waals surface area (Å²) in [6, 6.07) is 1.02. The van der Waals surface area contributed by atoms with Crippen LogP contribution >= 0.6 is 0 Å². The lowest BCUT2D eigenvalue weighted by Crippen LogP contribution is -2.43. The van der Waals surface area contributed by atoms with Gasteiger partial charge in [0.1, 0.15) is 5.69 Å². The fourth-order valence-electron chi connectivity index (χ4n) is 2.49. The van der Waals surface area contributed by atoms with Crippen molar-refractivity contribution in [1.82, 2.24) is 15.3 Å². The first-order valence-electron chi connectivity index (χ1n) is 6.83. The number of hydrogen-bond donors (Lipinski definition) is 4. The van der Waals surface area contributed by atoms with Crippen LogP contribution in [0.1, 0.15) is 49.0 Å². The minimum atomic E-state index is -0.895. The van der Waals surface area contributed by atoms with E-state index in [1.165, 1.54) is 0 Å².